The van der Waals surface area contributed by atoms with E-state index in [2.05, 4.69) is 11.4 Å². The molecule has 5 heteroatoms. The summed E-state index contributed by atoms with van der Waals surface area (Å²) in [6, 6.07) is 3.83. The van der Waals surface area contributed by atoms with E-state index in [1.165, 1.54) is 48.4 Å². The minimum atomic E-state index is -0.561. The lowest BCUT2D eigenvalue weighted by Gasteiger charge is -2.14. The monoisotopic (exact) mass is 339 g/mol. The van der Waals surface area contributed by atoms with E-state index in [9.17, 15) is 13.6 Å². The fourth-order valence-corrected chi connectivity index (χ4v) is 3.62. The molecule has 1 aliphatic rings. The highest BCUT2D eigenvalue weighted by atomic mass is 32.2. The predicted octanol–water partition coefficient (Wildman–Crippen LogP) is 4.77. The molecule has 0 fully saturated rings. The Bertz CT molecular complexity index is 554. The van der Waals surface area contributed by atoms with Crippen LogP contribution in [0.1, 0.15) is 49.8 Å². The van der Waals surface area contributed by atoms with Crippen LogP contribution in [0.3, 0.4) is 0 Å². The van der Waals surface area contributed by atoms with Gasteiger partial charge in [-0.25, -0.2) is 8.78 Å². The number of nitrogens with one attached hydrogen (secondary N) is 1. The van der Waals surface area contributed by atoms with Gasteiger partial charge in [0, 0.05) is 17.4 Å². The third-order valence-electron chi connectivity index (χ3n) is 4.02. The SMILES string of the molecule is CC(SCC(=O)NCCC1=CCCCC1)c1c(F)cccc1F. The molecule has 0 bridgehead atoms. The fraction of sp³-hybridized carbons (Fsp3) is 0.500. The highest BCUT2D eigenvalue weighted by Crippen LogP contribution is 2.31. The predicted molar refractivity (Wildman–Crippen MR) is 91.4 cm³/mol. The number of carbonyl (C=O) groups excluding carboxylic acids is 1. The molecule has 1 atom stereocenters. The molecule has 1 aromatic carbocycles. The number of hydrogen-bond donors (Lipinski definition) is 1. The minimum Gasteiger partial charge on any atom is -0.355 e. The van der Waals surface area contributed by atoms with Crippen LogP contribution in [0.2, 0.25) is 0 Å². The van der Waals surface area contributed by atoms with E-state index in [0.717, 1.165) is 19.3 Å². The van der Waals surface area contributed by atoms with Crippen molar-refractivity contribution in [2.45, 2.75) is 44.3 Å². The highest BCUT2D eigenvalue weighted by molar-refractivity contribution is 8.00. The van der Waals surface area contributed by atoms with Gasteiger partial charge in [0.2, 0.25) is 5.91 Å². The quantitative estimate of drug-likeness (QED) is 0.725. The van der Waals surface area contributed by atoms with Gasteiger partial charge in [-0.05, 0) is 51.2 Å². The second kappa shape index (κ2) is 9.06. The van der Waals surface area contributed by atoms with Crippen molar-refractivity contribution < 1.29 is 13.6 Å². The van der Waals surface area contributed by atoms with Crippen molar-refractivity contribution in [2.75, 3.05) is 12.3 Å². The molecule has 23 heavy (non-hydrogen) atoms. The fourth-order valence-electron chi connectivity index (χ4n) is 2.73. The number of allylic oxidation sites excluding steroid dienone is 1. The zero-order chi connectivity index (χ0) is 16.7. The normalized spacial score (nSPS) is 15.9. The van der Waals surface area contributed by atoms with Gasteiger partial charge in [0.15, 0.2) is 0 Å². The number of carbonyl (C=O) groups is 1. The molecule has 0 heterocycles. The standard InChI is InChI=1S/C18H23F2NOS/c1-13(18-15(19)8-5-9-16(18)20)23-12-17(22)21-11-10-14-6-3-2-4-7-14/h5-6,8-9,13H,2-4,7,10-12H2,1H3,(H,21,22). The lowest BCUT2D eigenvalue weighted by molar-refractivity contribution is -0.118. The molecule has 1 amide bonds. The number of amides is 1. The summed E-state index contributed by atoms with van der Waals surface area (Å²) < 4.78 is 27.3. The third kappa shape index (κ3) is 5.65. The molecule has 0 aliphatic heterocycles. The van der Waals surface area contributed by atoms with Gasteiger partial charge in [-0.3, -0.25) is 4.79 Å². The molecule has 2 rings (SSSR count). The maximum atomic E-state index is 13.7. The molecule has 1 aromatic rings. The number of thioether (sulfide) groups is 1. The van der Waals surface area contributed by atoms with Crippen LogP contribution in [0.4, 0.5) is 8.78 Å². The van der Waals surface area contributed by atoms with E-state index in [1.54, 1.807) is 6.92 Å². The van der Waals surface area contributed by atoms with Gasteiger partial charge in [-0.15, -0.1) is 11.8 Å². The summed E-state index contributed by atoms with van der Waals surface area (Å²) in [6.07, 6.45) is 7.94. The molecule has 0 saturated heterocycles. The first-order valence-electron chi connectivity index (χ1n) is 8.08. The van der Waals surface area contributed by atoms with Crippen LogP contribution in [-0.4, -0.2) is 18.2 Å². The second-order valence-corrected chi connectivity index (χ2v) is 7.13. The van der Waals surface area contributed by atoms with Crippen molar-refractivity contribution >= 4 is 17.7 Å². The largest absolute Gasteiger partial charge is 0.355 e. The average molecular weight is 339 g/mol. The number of halogens is 2. The Morgan fingerprint density at radius 3 is 2.70 bits per heavy atom. The molecule has 1 N–H and O–H groups in total. The smallest absolute Gasteiger partial charge is 0.230 e. The zero-order valence-electron chi connectivity index (χ0n) is 13.4. The molecule has 2 nitrogen and oxygen atoms in total. The van der Waals surface area contributed by atoms with Crippen molar-refractivity contribution in [3.05, 3.63) is 47.0 Å². The Balaban J connectivity index is 1.72. The van der Waals surface area contributed by atoms with Crippen molar-refractivity contribution in [3.8, 4) is 0 Å². The van der Waals surface area contributed by atoms with Crippen LogP contribution in [0.25, 0.3) is 0 Å². The van der Waals surface area contributed by atoms with Crippen molar-refractivity contribution in [2.24, 2.45) is 0 Å². The first-order valence-corrected chi connectivity index (χ1v) is 9.13. The Labute approximate surface area is 140 Å². The van der Waals surface area contributed by atoms with Crippen molar-refractivity contribution in [1.29, 1.82) is 0 Å². The summed E-state index contributed by atoms with van der Waals surface area (Å²) in [5.41, 5.74) is 1.46. The molecule has 0 aromatic heterocycles. The summed E-state index contributed by atoms with van der Waals surface area (Å²) >= 11 is 1.25. The van der Waals surface area contributed by atoms with Crippen LogP contribution in [0.15, 0.2) is 29.8 Å². The first kappa shape index (κ1) is 18.0. The Morgan fingerprint density at radius 1 is 1.30 bits per heavy atom. The third-order valence-corrected chi connectivity index (χ3v) is 5.19. The molecule has 0 saturated carbocycles. The zero-order valence-corrected chi connectivity index (χ0v) is 14.2. The maximum Gasteiger partial charge on any atom is 0.230 e. The van der Waals surface area contributed by atoms with E-state index in [1.807, 2.05) is 0 Å². The van der Waals surface area contributed by atoms with E-state index in [4.69, 9.17) is 0 Å². The number of benzene rings is 1. The molecule has 1 unspecified atom stereocenters. The van der Waals surface area contributed by atoms with Crippen LogP contribution in [0.5, 0.6) is 0 Å². The van der Waals surface area contributed by atoms with E-state index >= 15 is 0 Å². The van der Waals surface area contributed by atoms with Gasteiger partial charge in [0.25, 0.3) is 0 Å². The van der Waals surface area contributed by atoms with Gasteiger partial charge in [0.1, 0.15) is 11.6 Å². The summed E-state index contributed by atoms with van der Waals surface area (Å²) in [7, 11) is 0. The highest BCUT2D eigenvalue weighted by Gasteiger charge is 2.17. The summed E-state index contributed by atoms with van der Waals surface area (Å²) in [5, 5.41) is 2.48. The number of rotatable bonds is 7. The molecule has 0 spiro atoms. The van der Waals surface area contributed by atoms with Crippen molar-refractivity contribution in [3.63, 3.8) is 0 Å². The summed E-state index contributed by atoms with van der Waals surface area (Å²) in [6.45, 7) is 2.35. The minimum absolute atomic E-state index is 0.0395. The Morgan fingerprint density at radius 2 is 2.04 bits per heavy atom. The molecule has 126 valence electrons. The maximum absolute atomic E-state index is 13.7. The van der Waals surface area contributed by atoms with Gasteiger partial charge in [0.05, 0.1) is 5.75 Å². The Kier molecular flexibility index (Phi) is 7.09. The average Bonchev–Trinajstić information content (AvgIpc) is 2.54. The van der Waals surface area contributed by atoms with Crippen LogP contribution < -0.4 is 5.32 Å². The molecular formula is C18H23F2NOS. The van der Waals surface area contributed by atoms with Gasteiger partial charge in [-0.1, -0.05) is 17.7 Å². The molecule has 1 aliphatic carbocycles. The van der Waals surface area contributed by atoms with Crippen LogP contribution in [-0.2, 0) is 4.79 Å². The Hall–Kier alpha value is -1.36. The topological polar surface area (TPSA) is 29.1 Å². The van der Waals surface area contributed by atoms with Gasteiger partial charge in [-0.2, -0.15) is 0 Å². The van der Waals surface area contributed by atoms with Gasteiger partial charge < -0.3 is 5.32 Å². The first-order chi connectivity index (χ1) is 11.1. The van der Waals surface area contributed by atoms with Crippen molar-refractivity contribution in [1.82, 2.24) is 5.32 Å². The van der Waals surface area contributed by atoms with E-state index < -0.39 is 16.9 Å². The second-order valence-electron chi connectivity index (χ2n) is 5.80. The molecule has 0 radical (unpaired) electrons. The van der Waals surface area contributed by atoms with E-state index in [0.29, 0.717) is 6.54 Å². The van der Waals surface area contributed by atoms with Crippen LogP contribution in [0, 0.1) is 11.6 Å². The number of hydrogen-bond acceptors (Lipinski definition) is 2. The van der Waals surface area contributed by atoms with Crippen LogP contribution >= 0.6 is 11.8 Å². The van der Waals surface area contributed by atoms with Gasteiger partial charge >= 0.3 is 0 Å². The lowest BCUT2D eigenvalue weighted by Crippen LogP contribution is -2.26. The lowest BCUT2D eigenvalue weighted by atomic mass is 9.97. The summed E-state index contributed by atoms with van der Waals surface area (Å²) in [4.78, 5) is 11.9. The summed E-state index contributed by atoms with van der Waals surface area (Å²) in [5.74, 6) is -1.01. The van der Waals surface area contributed by atoms with E-state index in [-0.39, 0.29) is 17.2 Å². The molecular weight excluding hydrogens is 316 g/mol.